The Balaban J connectivity index is 1.61. The highest BCUT2D eigenvalue weighted by atomic mass is 35.5. The number of benzene rings is 3. The number of likely N-dealkylation sites (N-methyl/N-ethyl adjacent to an activating group) is 1. The summed E-state index contributed by atoms with van der Waals surface area (Å²) in [6.07, 6.45) is 1.77. The van der Waals surface area contributed by atoms with E-state index in [9.17, 15) is 10.1 Å². The number of nitriles is 1. The normalized spacial score (nSPS) is 15.1. The van der Waals surface area contributed by atoms with Crippen LogP contribution in [-0.4, -0.2) is 36.2 Å². The Labute approximate surface area is 231 Å². The Morgan fingerprint density at radius 1 is 1.11 bits per heavy atom. The van der Waals surface area contributed by atoms with Gasteiger partial charge in [-0.1, -0.05) is 29.8 Å². The monoisotopic (exact) mass is 547 g/mol. The van der Waals surface area contributed by atoms with Crippen LogP contribution in [0.5, 0.6) is 17.2 Å². The largest absolute Gasteiger partial charge is 0.497 e. The van der Waals surface area contributed by atoms with Gasteiger partial charge >= 0.3 is 0 Å². The lowest BCUT2D eigenvalue weighted by Crippen LogP contribution is -2.28. The lowest BCUT2D eigenvalue weighted by atomic mass is 10.1. The number of amides is 1. The highest BCUT2D eigenvalue weighted by molar-refractivity contribution is 8.18. The molecule has 194 valence electrons. The van der Waals surface area contributed by atoms with Crippen molar-refractivity contribution in [2.45, 2.75) is 20.5 Å². The molecule has 1 heterocycles. The molecule has 0 aliphatic carbocycles. The van der Waals surface area contributed by atoms with Crippen LogP contribution in [0.1, 0.15) is 30.5 Å². The predicted octanol–water partition coefficient (Wildman–Crippen LogP) is 6.82. The molecule has 3 aromatic carbocycles. The molecular weight excluding hydrogens is 522 g/mol. The zero-order chi connectivity index (χ0) is 27.1. The second-order valence-electron chi connectivity index (χ2n) is 8.07. The SMILES string of the molecule is CCOc1cc(/C=C2/SC(=Nc3ccc(OC)cc3)N(CC)C2=O)cc(Cl)c1OCc1ccccc1C#N. The van der Waals surface area contributed by atoms with Gasteiger partial charge in [0.2, 0.25) is 0 Å². The van der Waals surface area contributed by atoms with Crippen LogP contribution < -0.4 is 14.2 Å². The first-order valence-electron chi connectivity index (χ1n) is 12.0. The molecule has 0 saturated carbocycles. The maximum Gasteiger partial charge on any atom is 0.266 e. The number of hydrogen-bond donors (Lipinski definition) is 0. The average molecular weight is 548 g/mol. The highest BCUT2D eigenvalue weighted by Gasteiger charge is 2.32. The first-order valence-corrected chi connectivity index (χ1v) is 13.2. The van der Waals surface area contributed by atoms with Gasteiger partial charge < -0.3 is 14.2 Å². The molecule has 1 saturated heterocycles. The van der Waals surface area contributed by atoms with Gasteiger partial charge in [-0.2, -0.15) is 5.26 Å². The van der Waals surface area contributed by atoms with Gasteiger partial charge in [0.05, 0.1) is 41.0 Å². The van der Waals surface area contributed by atoms with Gasteiger partial charge in [0.1, 0.15) is 12.4 Å². The number of carbonyl (C=O) groups excluding carboxylic acids is 1. The van der Waals surface area contributed by atoms with Crippen molar-refractivity contribution < 1.29 is 19.0 Å². The Bertz CT molecular complexity index is 1430. The highest BCUT2D eigenvalue weighted by Crippen LogP contribution is 2.40. The third-order valence-corrected chi connectivity index (χ3v) is 6.93. The number of amidine groups is 1. The van der Waals surface area contributed by atoms with Crippen LogP contribution in [0.25, 0.3) is 6.08 Å². The molecular formula is C29H26ClN3O4S. The Morgan fingerprint density at radius 3 is 2.55 bits per heavy atom. The zero-order valence-electron chi connectivity index (χ0n) is 21.2. The maximum absolute atomic E-state index is 13.1. The van der Waals surface area contributed by atoms with Crippen LogP contribution >= 0.6 is 23.4 Å². The number of methoxy groups -OCH3 is 1. The quantitative estimate of drug-likeness (QED) is 0.273. The van der Waals surface area contributed by atoms with E-state index in [1.807, 2.05) is 50.2 Å². The van der Waals surface area contributed by atoms with Crippen molar-refractivity contribution in [2.75, 3.05) is 20.3 Å². The van der Waals surface area contributed by atoms with Crippen molar-refractivity contribution >= 4 is 46.2 Å². The lowest BCUT2D eigenvalue weighted by Gasteiger charge is -2.15. The summed E-state index contributed by atoms with van der Waals surface area (Å²) in [5.41, 5.74) is 2.70. The van der Waals surface area contributed by atoms with Gasteiger partial charge in [-0.05, 0) is 79.7 Å². The molecule has 0 bridgehead atoms. The minimum absolute atomic E-state index is 0.132. The standard InChI is InChI=1S/C29H26ClN3O4S/c1-4-33-28(34)26(38-29(33)32-22-10-12-23(35-3)13-11-22)16-19-14-24(30)27(25(15-19)36-5-2)37-18-21-9-7-6-8-20(21)17-31/h6-16H,4-5,18H2,1-3H3/b26-16+,32-29?. The van der Waals surface area contributed by atoms with Crippen LogP contribution in [0, 0.1) is 11.3 Å². The molecule has 1 aliphatic heterocycles. The van der Waals surface area contributed by atoms with Crippen LogP contribution in [0.2, 0.25) is 5.02 Å². The van der Waals surface area contributed by atoms with Gasteiger partial charge in [-0.3, -0.25) is 9.69 Å². The Kier molecular flexibility index (Phi) is 8.95. The number of carbonyl (C=O) groups is 1. The summed E-state index contributed by atoms with van der Waals surface area (Å²) in [6.45, 7) is 4.82. The van der Waals surface area contributed by atoms with E-state index in [0.717, 1.165) is 17.0 Å². The smallest absolute Gasteiger partial charge is 0.266 e. The minimum Gasteiger partial charge on any atom is -0.497 e. The summed E-state index contributed by atoms with van der Waals surface area (Å²) in [5, 5.41) is 10.3. The topological polar surface area (TPSA) is 84.2 Å². The van der Waals surface area contributed by atoms with Gasteiger partial charge in [-0.15, -0.1) is 0 Å². The molecule has 0 aromatic heterocycles. The maximum atomic E-state index is 13.1. The van der Waals surface area contributed by atoms with Crippen molar-refractivity contribution in [3.8, 4) is 23.3 Å². The summed E-state index contributed by atoms with van der Waals surface area (Å²) in [5.74, 6) is 1.44. The summed E-state index contributed by atoms with van der Waals surface area (Å²) < 4.78 is 17.0. The molecule has 7 nitrogen and oxygen atoms in total. The van der Waals surface area contributed by atoms with E-state index in [1.54, 1.807) is 42.4 Å². The fraction of sp³-hybridized carbons (Fsp3) is 0.207. The number of aliphatic imine (C=N–C) groups is 1. The number of ether oxygens (including phenoxy) is 3. The van der Waals surface area contributed by atoms with E-state index >= 15 is 0 Å². The van der Waals surface area contributed by atoms with Crippen molar-refractivity contribution in [3.05, 3.63) is 87.3 Å². The third kappa shape index (κ3) is 6.13. The molecule has 1 amide bonds. The van der Waals surface area contributed by atoms with Crippen LogP contribution in [0.4, 0.5) is 5.69 Å². The Hall–Kier alpha value is -3.93. The first-order chi connectivity index (χ1) is 18.5. The molecule has 3 aromatic rings. The number of thioether (sulfide) groups is 1. The van der Waals surface area contributed by atoms with E-state index in [-0.39, 0.29) is 12.5 Å². The first kappa shape index (κ1) is 27.1. The van der Waals surface area contributed by atoms with E-state index in [1.165, 1.54) is 11.8 Å². The predicted molar refractivity (Wildman–Crippen MR) is 151 cm³/mol. The molecule has 1 aliphatic rings. The number of hydrogen-bond acceptors (Lipinski definition) is 7. The molecule has 0 spiro atoms. The summed E-state index contributed by atoms with van der Waals surface area (Å²) in [6, 6.07) is 20.2. The number of rotatable bonds is 9. The average Bonchev–Trinajstić information content (AvgIpc) is 3.22. The molecule has 0 N–H and O–H groups in total. The van der Waals surface area contributed by atoms with E-state index < -0.39 is 0 Å². The zero-order valence-corrected chi connectivity index (χ0v) is 22.8. The van der Waals surface area contributed by atoms with Gasteiger partial charge in [0.25, 0.3) is 5.91 Å². The van der Waals surface area contributed by atoms with E-state index in [2.05, 4.69) is 11.1 Å². The van der Waals surface area contributed by atoms with E-state index in [0.29, 0.717) is 50.9 Å². The molecule has 9 heteroatoms. The summed E-state index contributed by atoms with van der Waals surface area (Å²) in [7, 11) is 1.61. The molecule has 38 heavy (non-hydrogen) atoms. The van der Waals surface area contributed by atoms with Crippen molar-refractivity contribution in [2.24, 2.45) is 4.99 Å². The second kappa shape index (κ2) is 12.5. The summed E-state index contributed by atoms with van der Waals surface area (Å²) in [4.78, 5) is 20.0. The molecule has 1 fully saturated rings. The van der Waals surface area contributed by atoms with Crippen LogP contribution in [0.15, 0.2) is 70.6 Å². The third-order valence-electron chi connectivity index (χ3n) is 5.64. The Morgan fingerprint density at radius 2 is 1.87 bits per heavy atom. The number of nitrogens with zero attached hydrogens (tertiary/aromatic N) is 3. The molecule has 0 radical (unpaired) electrons. The van der Waals surface area contributed by atoms with Gasteiger partial charge in [0.15, 0.2) is 16.7 Å². The van der Waals surface area contributed by atoms with Gasteiger partial charge in [0, 0.05) is 12.1 Å². The molecule has 0 atom stereocenters. The lowest BCUT2D eigenvalue weighted by molar-refractivity contribution is -0.122. The van der Waals surface area contributed by atoms with Crippen LogP contribution in [-0.2, 0) is 11.4 Å². The van der Waals surface area contributed by atoms with Crippen molar-refractivity contribution in [3.63, 3.8) is 0 Å². The van der Waals surface area contributed by atoms with Crippen molar-refractivity contribution in [1.29, 1.82) is 5.26 Å². The number of halogens is 1. The van der Waals surface area contributed by atoms with E-state index in [4.69, 9.17) is 25.8 Å². The summed E-state index contributed by atoms with van der Waals surface area (Å²) >= 11 is 7.92. The second-order valence-corrected chi connectivity index (χ2v) is 9.49. The molecule has 0 unspecified atom stereocenters. The van der Waals surface area contributed by atoms with Crippen LogP contribution in [0.3, 0.4) is 0 Å². The van der Waals surface area contributed by atoms with Crippen molar-refractivity contribution in [1.82, 2.24) is 4.90 Å². The fourth-order valence-electron chi connectivity index (χ4n) is 3.77. The fourth-order valence-corrected chi connectivity index (χ4v) is 5.10. The molecule has 4 rings (SSSR count). The van der Waals surface area contributed by atoms with Gasteiger partial charge in [-0.25, -0.2) is 4.99 Å². The minimum atomic E-state index is -0.132.